The van der Waals surface area contributed by atoms with Gasteiger partial charge in [-0.1, -0.05) is 30.3 Å². The van der Waals surface area contributed by atoms with Crippen molar-refractivity contribution >= 4 is 10.9 Å². The van der Waals surface area contributed by atoms with Crippen LogP contribution in [0.25, 0.3) is 10.9 Å². The number of rotatable bonds is 6. The Balaban J connectivity index is 1.69. The third-order valence-corrected chi connectivity index (χ3v) is 4.26. The van der Waals surface area contributed by atoms with E-state index < -0.39 is 11.4 Å². The van der Waals surface area contributed by atoms with Crippen molar-refractivity contribution in [2.45, 2.75) is 33.2 Å². The van der Waals surface area contributed by atoms with Crippen LogP contribution in [0.15, 0.2) is 56.5 Å². The molecule has 1 aromatic heterocycles. The van der Waals surface area contributed by atoms with Gasteiger partial charge in [-0.3, -0.25) is 4.57 Å². The van der Waals surface area contributed by atoms with Crippen LogP contribution in [-0.2, 0) is 6.54 Å². The lowest BCUT2D eigenvalue weighted by Crippen LogP contribution is -2.25. The molecule has 0 saturated heterocycles. The van der Waals surface area contributed by atoms with E-state index in [9.17, 15) is 9.59 Å². The fourth-order valence-corrected chi connectivity index (χ4v) is 2.94. The maximum atomic E-state index is 12.1. The van der Waals surface area contributed by atoms with E-state index in [2.05, 4.69) is 0 Å². The van der Waals surface area contributed by atoms with Crippen molar-refractivity contribution in [2.24, 2.45) is 0 Å². The summed E-state index contributed by atoms with van der Waals surface area (Å²) in [7, 11) is 0. The molecule has 130 valence electrons. The molecule has 0 spiro atoms. The Labute approximate surface area is 145 Å². The first-order valence-electron chi connectivity index (χ1n) is 8.39. The van der Waals surface area contributed by atoms with Crippen LogP contribution in [0.2, 0.25) is 0 Å². The molecule has 0 atom stereocenters. The van der Waals surface area contributed by atoms with Crippen LogP contribution in [0.3, 0.4) is 0 Å². The molecule has 0 aliphatic rings. The van der Waals surface area contributed by atoms with Gasteiger partial charge in [-0.05, 0) is 49.9 Å². The molecule has 0 radical (unpaired) electrons. The summed E-state index contributed by atoms with van der Waals surface area (Å²) in [4.78, 5) is 24.0. The predicted molar refractivity (Wildman–Crippen MR) is 97.4 cm³/mol. The average Bonchev–Trinajstić information content (AvgIpc) is 2.59. The molecule has 0 fully saturated rings. The molecule has 0 aliphatic carbocycles. The Bertz CT molecular complexity index is 1000. The second-order valence-electron chi connectivity index (χ2n) is 6.10. The molecular weight excluding hydrogens is 318 g/mol. The highest BCUT2D eigenvalue weighted by Crippen LogP contribution is 2.17. The first-order valence-corrected chi connectivity index (χ1v) is 8.39. The first kappa shape index (κ1) is 17.0. The van der Waals surface area contributed by atoms with Crippen LogP contribution >= 0.6 is 0 Å². The molecule has 5 nitrogen and oxygen atoms in total. The molecule has 0 N–H and O–H groups in total. The van der Waals surface area contributed by atoms with Gasteiger partial charge in [0.05, 0.1) is 17.5 Å². The van der Waals surface area contributed by atoms with Gasteiger partial charge in [-0.2, -0.15) is 0 Å². The van der Waals surface area contributed by atoms with E-state index in [1.807, 2.05) is 44.2 Å². The number of hydrogen-bond donors (Lipinski definition) is 0. The Hall–Kier alpha value is -2.82. The number of ether oxygens (including phenoxy) is 1. The van der Waals surface area contributed by atoms with Crippen molar-refractivity contribution in [1.29, 1.82) is 0 Å². The first-order chi connectivity index (χ1) is 12.1. The number of aryl methyl sites for hydroxylation is 3. The fourth-order valence-electron chi connectivity index (χ4n) is 2.94. The minimum absolute atomic E-state index is 0.441. The summed E-state index contributed by atoms with van der Waals surface area (Å²) < 4.78 is 12.2. The van der Waals surface area contributed by atoms with Gasteiger partial charge < -0.3 is 9.15 Å². The van der Waals surface area contributed by atoms with E-state index in [4.69, 9.17) is 9.15 Å². The van der Waals surface area contributed by atoms with Gasteiger partial charge in [0.25, 0.3) is 0 Å². The monoisotopic (exact) mass is 339 g/mol. The molecule has 5 heteroatoms. The topological polar surface area (TPSA) is 61.4 Å². The molecule has 3 aromatic rings. The molecule has 0 amide bonds. The quantitative estimate of drug-likeness (QED) is 0.646. The Morgan fingerprint density at radius 1 is 0.960 bits per heavy atom. The van der Waals surface area contributed by atoms with Crippen LogP contribution in [-0.4, -0.2) is 11.2 Å². The van der Waals surface area contributed by atoms with Gasteiger partial charge in [-0.25, -0.2) is 9.59 Å². The Morgan fingerprint density at radius 2 is 1.72 bits per heavy atom. The Morgan fingerprint density at radius 3 is 2.52 bits per heavy atom. The molecule has 0 saturated carbocycles. The third kappa shape index (κ3) is 3.65. The number of fused-ring (bicyclic) bond motifs is 1. The minimum atomic E-state index is -0.605. The highest BCUT2D eigenvalue weighted by molar-refractivity contribution is 5.80. The molecule has 1 heterocycles. The Kier molecular flexibility index (Phi) is 5.03. The molecule has 0 unspecified atom stereocenters. The smallest absolute Gasteiger partial charge is 0.422 e. The molecule has 0 bridgehead atoms. The molecule has 2 aromatic carbocycles. The van der Waals surface area contributed by atoms with Crippen molar-refractivity contribution < 1.29 is 9.15 Å². The summed E-state index contributed by atoms with van der Waals surface area (Å²) in [6.07, 6.45) is 1.55. The van der Waals surface area contributed by atoms with Gasteiger partial charge in [0, 0.05) is 6.54 Å². The third-order valence-electron chi connectivity index (χ3n) is 4.26. The van der Waals surface area contributed by atoms with Crippen LogP contribution in [0, 0.1) is 13.8 Å². The van der Waals surface area contributed by atoms with Gasteiger partial charge in [0.15, 0.2) is 0 Å². The van der Waals surface area contributed by atoms with E-state index in [0.717, 1.165) is 29.7 Å². The average molecular weight is 339 g/mol. The number of hydrogen-bond acceptors (Lipinski definition) is 4. The standard InChI is InChI=1S/C20H21NO4/c1-14-8-3-4-11-17(14)24-13-6-5-12-21-18-15(2)9-7-10-16(18)19(22)25-20(21)23/h3-4,7-11H,5-6,12-13H2,1-2H3. The van der Waals surface area contributed by atoms with Crippen molar-refractivity contribution in [1.82, 2.24) is 4.57 Å². The number of unbranched alkanes of at least 4 members (excludes halogenated alkanes) is 1. The second-order valence-corrected chi connectivity index (χ2v) is 6.10. The van der Waals surface area contributed by atoms with E-state index in [1.54, 1.807) is 16.7 Å². The number of para-hydroxylation sites is 2. The zero-order chi connectivity index (χ0) is 17.8. The predicted octanol–water partition coefficient (Wildman–Crippen LogP) is 3.43. The van der Waals surface area contributed by atoms with Crippen molar-refractivity contribution in [3.8, 4) is 5.75 Å². The summed E-state index contributed by atoms with van der Waals surface area (Å²) in [5.41, 5.74) is 2.07. The summed E-state index contributed by atoms with van der Waals surface area (Å²) in [5, 5.41) is 0.441. The number of benzene rings is 2. The highest BCUT2D eigenvalue weighted by Gasteiger charge is 2.11. The lowest BCUT2D eigenvalue weighted by molar-refractivity contribution is 0.299. The van der Waals surface area contributed by atoms with E-state index in [1.165, 1.54) is 0 Å². The zero-order valence-corrected chi connectivity index (χ0v) is 14.5. The van der Waals surface area contributed by atoms with Crippen molar-refractivity contribution in [3.63, 3.8) is 0 Å². The lowest BCUT2D eigenvalue weighted by Gasteiger charge is -2.11. The van der Waals surface area contributed by atoms with Gasteiger partial charge in [-0.15, -0.1) is 0 Å². The van der Waals surface area contributed by atoms with Crippen LogP contribution in [0.5, 0.6) is 5.75 Å². The largest absolute Gasteiger partial charge is 0.493 e. The van der Waals surface area contributed by atoms with Crippen LogP contribution in [0.1, 0.15) is 24.0 Å². The fraction of sp³-hybridized carbons (Fsp3) is 0.300. The number of nitrogens with zero attached hydrogens (tertiary/aromatic N) is 1. The van der Waals surface area contributed by atoms with Crippen LogP contribution in [0.4, 0.5) is 0 Å². The summed E-state index contributed by atoms with van der Waals surface area (Å²) in [5.74, 6) is 0.276. The van der Waals surface area contributed by atoms with E-state index in [-0.39, 0.29) is 0 Å². The van der Waals surface area contributed by atoms with Gasteiger partial charge in [0.2, 0.25) is 0 Å². The van der Waals surface area contributed by atoms with Gasteiger partial charge in [0.1, 0.15) is 5.75 Å². The highest BCUT2D eigenvalue weighted by atomic mass is 16.5. The molecule has 3 rings (SSSR count). The summed E-state index contributed by atoms with van der Waals surface area (Å²) in [6, 6.07) is 13.2. The maximum absolute atomic E-state index is 12.1. The van der Waals surface area contributed by atoms with Gasteiger partial charge >= 0.3 is 11.4 Å². The SMILES string of the molecule is Cc1ccccc1OCCCCn1c(=O)oc(=O)c2cccc(C)c21. The maximum Gasteiger partial charge on any atom is 0.422 e. The normalized spacial score (nSPS) is 11.0. The van der Waals surface area contributed by atoms with Crippen LogP contribution < -0.4 is 16.1 Å². The van der Waals surface area contributed by atoms with Crippen molar-refractivity contribution in [2.75, 3.05) is 6.61 Å². The minimum Gasteiger partial charge on any atom is -0.493 e. The molecule has 0 aliphatic heterocycles. The second kappa shape index (κ2) is 7.38. The zero-order valence-electron chi connectivity index (χ0n) is 14.5. The summed E-state index contributed by atoms with van der Waals surface area (Å²) >= 11 is 0. The van der Waals surface area contributed by atoms with E-state index in [0.29, 0.717) is 24.1 Å². The molecular formula is C20H21NO4. The molecule has 25 heavy (non-hydrogen) atoms. The number of aromatic nitrogens is 1. The van der Waals surface area contributed by atoms with E-state index >= 15 is 0 Å². The lowest BCUT2D eigenvalue weighted by atomic mass is 10.1. The van der Waals surface area contributed by atoms with Crippen molar-refractivity contribution in [3.05, 3.63) is 74.6 Å². The summed E-state index contributed by atoms with van der Waals surface area (Å²) in [6.45, 7) is 4.96.